The van der Waals surface area contributed by atoms with E-state index in [0.29, 0.717) is 11.1 Å². The van der Waals surface area contributed by atoms with Crippen LogP contribution >= 0.6 is 23.4 Å². The molecular weight excluding hydrogens is 258 g/mol. The Morgan fingerprint density at radius 3 is 2.88 bits per heavy atom. The summed E-state index contributed by atoms with van der Waals surface area (Å²) in [4.78, 5) is 16.4. The summed E-state index contributed by atoms with van der Waals surface area (Å²) in [5, 5.41) is 4.51. The molecule has 0 aromatic carbocycles. The predicted molar refractivity (Wildman–Crippen MR) is 67.4 cm³/mol. The molecule has 7 heteroatoms. The molecule has 0 radical (unpaired) electrons. The van der Waals surface area contributed by atoms with Crippen molar-refractivity contribution < 1.29 is 0 Å². The van der Waals surface area contributed by atoms with Crippen LogP contribution < -0.4 is 5.32 Å². The SMILES string of the molecule is CCNc1nc(Cl)nc(Sc2ccccn2)n1. The third-order valence-corrected chi connectivity index (χ3v) is 2.74. The minimum absolute atomic E-state index is 0.175. The molecule has 2 rings (SSSR count). The van der Waals surface area contributed by atoms with Crippen LogP contribution in [-0.2, 0) is 0 Å². The Hall–Kier alpha value is -1.40. The Morgan fingerprint density at radius 1 is 1.29 bits per heavy atom. The predicted octanol–water partition coefficient (Wildman–Crippen LogP) is 2.50. The maximum atomic E-state index is 5.82. The molecular formula is C10H10ClN5S. The van der Waals surface area contributed by atoms with Crippen LogP contribution in [0.3, 0.4) is 0 Å². The average Bonchev–Trinajstić information content (AvgIpc) is 2.30. The van der Waals surface area contributed by atoms with Gasteiger partial charge in [-0.15, -0.1) is 0 Å². The lowest BCUT2D eigenvalue weighted by Gasteiger charge is -2.03. The standard InChI is InChI=1S/C10H10ClN5S/c1-2-12-9-14-8(11)15-10(16-9)17-7-5-3-4-6-13-7/h3-6H,2H2,1H3,(H,12,14,15,16). The zero-order valence-electron chi connectivity index (χ0n) is 9.09. The van der Waals surface area contributed by atoms with Crippen LogP contribution in [0.25, 0.3) is 0 Å². The summed E-state index contributed by atoms with van der Waals surface area (Å²) in [6.45, 7) is 2.69. The first-order valence-electron chi connectivity index (χ1n) is 5.02. The molecule has 0 atom stereocenters. The fourth-order valence-corrected chi connectivity index (χ4v) is 2.04. The first-order chi connectivity index (χ1) is 8.28. The maximum absolute atomic E-state index is 5.82. The van der Waals surface area contributed by atoms with Crippen LogP contribution in [0.4, 0.5) is 5.95 Å². The Bertz CT molecular complexity index is 493. The van der Waals surface area contributed by atoms with E-state index in [2.05, 4.69) is 25.3 Å². The van der Waals surface area contributed by atoms with Crippen LogP contribution in [0.1, 0.15) is 6.92 Å². The van der Waals surface area contributed by atoms with Gasteiger partial charge in [0.05, 0.1) is 0 Å². The van der Waals surface area contributed by atoms with Crippen molar-refractivity contribution in [1.29, 1.82) is 0 Å². The molecule has 0 amide bonds. The number of nitrogens with one attached hydrogen (secondary N) is 1. The van der Waals surface area contributed by atoms with E-state index in [-0.39, 0.29) is 5.28 Å². The first-order valence-corrected chi connectivity index (χ1v) is 6.21. The van der Waals surface area contributed by atoms with Gasteiger partial charge >= 0.3 is 0 Å². The molecule has 0 saturated carbocycles. The molecule has 0 aliphatic rings. The quantitative estimate of drug-likeness (QED) is 0.918. The van der Waals surface area contributed by atoms with Crippen molar-refractivity contribution in [2.75, 3.05) is 11.9 Å². The van der Waals surface area contributed by atoms with Gasteiger partial charge in [0, 0.05) is 12.7 Å². The topological polar surface area (TPSA) is 63.6 Å². The van der Waals surface area contributed by atoms with Gasteiger partial charge in [-0.25, -0.2) is 4.98 Å². The van der Waals surface area contributed by atoms with Gasteiger partial charge in [0.15, 0.2) is 5.16 Å². The van der Waals surface area contributed by atoms with Crippen molar-refractivity contribution >= 4 is 29.3 Å². The average molecular weight is 268 g/mol. The number of pyridine rings is 1. The number of anilines is 1. The molecule has 1 N–H and O–H groups in total. The van der Waals surface area contributed by atoms with Crippen LogP contribution in [0.5, 0.6) is 0 Å². The zero-order valence-corrected chi connectivity index (χ0v) is 10.7. The van der Waals surface area contributed by atoms with Crippen molar-refractivity contribution in [3.63, 3.8) is 0 Å². The number of hydrogen-bond donors (Lipinski definition) is 1. The molecule has 88 valence electrons. The molecule has 2 aromatic heterocycles. The smallest absolute Gasteiger partial charge is 0.228 e. The fraction of sp³-hybridized carbons (Fsp3) is 0.200. The molecule has 2 heterocycles. The van der Waals surface area contributed by atoms with Gasteiger partial charge in [-0.1, -0.05) is 6.07 Å². The van der Waals surface area contributed by atoms with E-state index < -0.39 is 0 Å². The number of rotatable bonds is 4. The summed E-state index contributed by atoms with van der Waals surface area (Å²) in [7, 11) is 0. The van der Waals surface area contributed by atoms with E-state index >= 15 is 0 Å². The van der Waals surface area contributed by atoms with Gasteiger partial charge in [0.2, 0.25) is 11.2 Å². The van der Waals surface area contributed by atoms with Crippen LogP contribution in [0, 0.1) is 0 Å². The molecule has 0 unspecified atom stereocenters. The number of aromatic nitrogens is 4. The summed E-state index contributed by atoms with van der Waals surface area (Å²) < 4.78 is 0. The van der Waals surface area contributed by atoms with E-state index in [1.54, 1.807) is 6.20 Å². The normalized spacial score (nSPS) is 10.2. The van der Waals surface area contributed by atoms with E-state index in [0.717, 1.165) is 11.6 Å². The third kappa shape index (κ3) is 3.54. The van der Waals surface area contributed by atoms with Crippen molar-refractivity contribution in [2.45, 2.75) is 17.1 Å². The Kier molecular flexibility index (Phi) is 4.11. The van der Waals surface area contributed by atoms with E-state index in [4.69, 9.17) is 11.6 Å². The molecule has 2 aromatic rings. The second kappa shape index (κ2) is 5.79. The lowest BCUT2D eigenvalue weighted by Crippen LogP contribution is -2.04. The molecule has 0 aliphatic carbocycles. The minimum Gasteiger partial charge on any atom is -0.354 e. The summed E-state index contributed by atoms with van der Waals surface area (Å²) in [6.07, 6.45) is 1.72. The van der Waals surface area contributed by atoms with Gasteiger partial charge in [0.25, 0.3) is 0 Å². The molecule has 0 saturated heterocycles. The molecule has 0 bridgehead atoms. The van der Waals surface area contributed by atoms with Crippen molar-refractivity contribution in [1.82, 2.24) is 19.9 Å². The summed E-state index contributed by atoms with van der Waals surface area (Å²) in [5.41, 5.74) is 0. The van der Waals surface area contributed by atoms with Gasteiger partial charge in [-0.2, -0.15) is 15.0 Å². The van der Waals surface area contributed by atoms with Crippen LogP contribution in [-0.4, -0.2) is 26.5 Å². The van der Waals surface area contributed by atoms with Gasteiger partial charge in [-0.05, 0) is 42.4 Å². The zero-order chi connectivity index (χ0) is 12.1. The van der Waals surface area contributed by atoms with Crippen molar-refractivity contribution in [3.05, 3.63) is 29.7 Å². The number of hydrogen-bond acceptors (Lipinski definition) is 6. The van der Waals surface area contributed by atoms with Crippen molar-refractivity contribution in [3.8, 4) is 0 Å². The molecule has 0 aliphatic heterocycles. The van der Waals surface area contributed by atoms with Crippen molar-refractivity contribution in [2.24, 2.45) is 0 Å². The first kappa shape index (κ1) is 12.1. The van der Waals surface area contributed by atoms with E-state index in [9.17, 15) is 0 Å². The molecule has 0 spiro atoms. The molecule has 0 fully saturated rings. The monoisotopic (exact) mass is 267 g/mol. The maximum Gasteiger partial charge on any atom is 0.228 e. The highest BCUT2D eigenvalue weighted by Crippen LogP contribution is 2.23. The van der Waals surface area contributed by atoms with Crippen LogP contribution in [0.2, 0.25) is 5.28 Å². The summed E-state index contributed by atoms with van der Waals surface area (Å²) in [6, 6.07) is 5.65. The summed E-state index contributed by atoms with van der Waals surface area (Å²) >= 11 is 7.16. The Morgan fingerprint density at radius 2 is 2.18 bits per heavy atom. The van der Waals surface area contributed by atoms with Gasteiger partial charge < -0.3 is 5.32 Å². The van der Waals surface area contributed by atoms with E-state index in [1.165, 1.54) is 11.8 Å². The van der Waals surface area contributed by atoms with Gasteiger partial charge in [0.1, 0.15) is 5.03 Å². The summed E-state index contributed by atoms with van der Waals surface area (Å²) in [5.74, 6) is 0.478. The Balaban J connectivity index is 2.21. The number of halogens is 1. The highest BCUT2D eigenvalue weighted by molar-refractivity contribution is 7.99. The van der Waals surface area contributed by atoms with E-state index in [1.807, 2.05) is 25.1 Å². The highest BCUT2D eigenvalue weighted by atomic mass is 35.5. The molecule has 5 nitrogen and oxygen atoms in total. The lowest BCUT2D eigenvalue weighted by atomic mass is 10.5. The van der Waals surface area contributed by atoms with Crippen LogP contribution in [0.15, 0.2) is 34.6 Å². The fourth-order valence-electron chi connectivity index (χ4n) is 1.12. The lowest BCUT2D eigenvalue weighted by molar-refractivity contribution is 0.896. The van der Waals surface area contributed by atoms with Gasteiger partial charge in [-0.3, -0.25) is 0 Å². The molecule has 17 heavy (non-hydrogen) atoms. The minimum atomic E-state index is 0.175. The highest BCUT2D eigenvalue weighted by Gasteiger charge is 2.06. The number of nitrogens with zero attached hydrogens (tertiary/aromatic N) is 4. The second-order valence-electron chi connectivity index (χ2n) is 3.01. The third-order valence-electron chi connectivity index (χ3n) is 1.76. The Labute approximate surface area is 108 Å². The second-order valence-corrected chi connectivity index (χ2v) is 4.34. The largest absolute Gasteiger partial charge is 0.354 e.